The fourth-order valence-electron chi connectivity index (χ4n) is 3.25. The third-order valence-corrected chi connectivity index (χ3v) is 4.62. The van der Waals surface area contributed by atoms with Gasteiger partial charge in [0.2, 0.25) is 0 Å². The number of nitrogens with zero attached hydrogens (tertiary/aromatic N) is 3. The molecule has 0 fully saturated rings. The number of urea groups is 1. The van der Waals surface area contributed by atoms with E-state index in [1.165, 1.54) is 35.0 Å². The van der Waals surface area contributed by atoms with E-state index in [2.05, 4.69) is 20.4 Å². The van der Waals surface area contributed by atoms with Crippen molar-refractivity contribution in [1.82, 2.24) is 14.9 Å². The Morgan fingerprint density at radius 2 is 1.97 bits per heavy atom. The highest BCUT2D eigenvalue weighted by molar-refractivity contribution is 5.90. The Kier molecular flexibility index (Phi) is 5.77. The molecule has 0 aliphatic carbocycles. The molecule has 0 saturated heterocycles. The molecule has 0 saturated carbocycles. The van der Waals surface area contributed by atoms with Crippen LogP contribution in [0.15, 0.2) is 54.7 Å². The predicted molar refractivity (Wildman–Crippen MR) is 109 cm³/mol. The van der Waals surface area contributed by atoms with E-state index in [-0.39, 0.29) is 30.7 Å². The summed E-state index contributed by atoms with van der Waals surface area (Å²) in [6.45, 7) is 0.337. The van der Waals surface area contributed by atoms with Crippen LogP contribution in [0.1, 0.15) is 0 Å². The Morgan fingerprint density at radius 3 is 2.67 bits per heavy atom. The first kappa shape index (κ1) is 21.9. The Bertz CT molecular complexity index is 1180. The first-order valence-corrected chi connectivity index (χ1v) is 9.54. The number of halogens is 3. The van der Waals surface area contributed by atoms with E-state index in [4.69, 9.17) is 4.74 Å². The highest BCUT2D eigenvalue weighted by Gasteiger charge is 2.31. The highest BCUT2D eigenvalue weighted by Crippen LogP contribution is 2.28. The number of ether oxygens (including phenoxy) is 2. The fourth-order valence-corrected chi connectivity index (χ4v) is 3.25. The zero-order valence-electron chi connectivity index (χ0n) is 16.7. The van der Waals surface area contributed by atoms with Gasteiger partial charge in [-0.15, -0.1) is 13.2 Å². The number of rotatable bonds is 5. The monoisotopic (exact) mass is 463 g/mol. The van der Waals surface area contributed by atoms with Gasteiger partial charge in [-0.2, -0.15) is 0 Å². The molecule has 13 heteroatoms. The average Bonchev–Trinajstić information content (AvgIpc) is 3.17. The number of amides is 2. The molecule has 1 atom stereocenters. The molecule has 2 amide bonds. The lowest BCUT2D eigenvalue weighted by Gasteiger charge is -2.23. The number of imidazole rings is 1. The largest absolute Gasteiger partial charge is 0.573 e. The molecule has 1 aromatic heterocycles. The summed E-state index contributed by atoms with van der Waals surface area (Å²) >= 11 is 0. The molecule has 0 unspecified atom stereocenters. The molecule has 2 aromatic carbocycles. The number of aromatic nitrogens is 2. The first-order valence-electron chi connectivity index (χ1n) is 9.54. The van der Waals surface area contributed by atoms with Crippen molar-refractivity contribution in [2.75, 3.05) is 11.9 Å². The summed E-state index contributed by atoms with van der Waals surface area (Å²) in [4.78, 5) is 26.3. The van der Waals surface area contributed by atoms with Crippen LogP contribution >= 0.6 is 0 Å². The van der Waals surface area contributed by atoms with Crippen LogP contribution < -0.4 is 20.1 Å². The van der Waals surface area contributed by atoms with E-state index in [1.54, 1.807) is 24.3 Å². The van der Waals surface area contributed by atoms with Crippen LogP contribution in [0.4, 0.5) is 29.5 Å². The van der Waals surface area contributed by atoms with Crippen LogP contribution in [0.25, 0.3) is 11.1 Å². The Hall–Kier alpha value is -4.29. The van der Waals surface area contributed by atoms with Crippen LogP contribution in [-0.2, 0) is 6.54 Å². The Labute approximate surface area is 184 Å². The molecule has 33 heavy (non-hydrogen) atoms. The normalized spacial score (nSPS) is 15.2. The second-order valence-electron chi connectivity index (χ2n) is 7.05. The van der Waals surface area contributed by atoms with Crippen LogP contribution in [0.2, 0.25) is 0 Å². The van der Waals surface area contributed by atoms with E-state index >= 15 is 0 Å². The van der Waals surface area contributed by atoms with Gasteiger partial charge in [0.25, 0.3) is 0 Å². The van der Waals surface area contributed by atoms with E-state index in [0.29, 0.717) is 16.8 Å². The lowest BCUT2D eigenvalue weighted by atomic mass is 10.1. The summed E-state index contributed by atoms with van der Waals surface area (Å²) < 4.78 is 47.6. The van der Waals surface area contributed by atoms with Gasteiger partial charge < -0.3 is 30.2 Å². The maximum atomic E-state index is 12.4. The minimum absolute atomic E-state index is 0.0912. The van der Waals surface area contributed by atoms with E-state index < -0.39 is 23.4 Å². The van der Waals surface area contributed by atoms with E-state index in [9.17, 15) is 28.1 Å². The van der Waals surface area contributed by atoms with Gasteiger partial charge in [-0.1, -0.05) is 24.3 Å². The molecule has 0 bridgehead atoms. The molecule has 0 radical (unpaired) electrons. The zero-order valence-corrected chi connectivity index (χ0v) is 16.7. The number of nitro groups is 1. The van der Waals surface area contributed by atoms with Crippen LogP contribution in [-0.4, -0.2) is 39.5 Å². The maximum absolute atomic E-state index is 12.4. The third kappa shape index (κ3) is 5.50. The summed E-state index contributed by atoms with van der Waals surface area (Å²) in [5.74, 6) is -0.675. The second-order valence-corrected chi connectivity index (χ2v) is 7.05. The second kappa shape index (κ2) is 8.68. The third-order valence-electron chi connectivity index (χ3n) is 4.62. The number of alkyl halides is 3. The van der Waals surface area contributed by atoms with Gasteiger partial charge in [0, 0.05) is 10.7 Å². The summed E-state index contributed by atoms with van der Waals surface area (Å²) in [6, 6.07) is 11.2. The van der Waals surface area contributed by atoms with Gasteiger partial charge in [0.15, 0.2) is 0 Å². The molecule has 0 spiro atoms. The highest BCUT2D eigenvalue weighted by atomic mass is 19.4. The van der Waals surface area contributed by atoms with Gasteiger partial charge in [-0.3, -0.25) is 4.57 Å². The summed E-state index contributed by atoms with van der Waals surface area (Å²) in [7, 11) is 0. The maximum Gasteiger partial charge on any atom is 0.573 e. The number of nitrogens with one attached hydrogen (secondary N) is 2. The molecule has 10 nitrogen and oxygen atoms in total. The number of carbonyl (C=O) groups is 1. The summed E-state index contributed by atoms with van der Waals surface area (Å²) in [5.41, 5.74) is 1.75. The lowest BCUT2D eigenvalue weighted by molar-refractivity contribution is -0.389. The van der Waals surface area contributed by atoms with Crippen molar-refractivity contribution >= 4 is 17.5 Å². The number of hydrogen-bond donors (Lipinski definition) is 2. The molecule has 2 heterocycles. The fraction of sp³-hybridized carbons (Fsp3) is 0.200. The van der Waals surface area contributed by atoms with Crippen molar-refractivity contribution in [1.29, 1.82) is 0 Å². The average molecular weight is 463 g/mol. The van der Waals surface area contributed by atoms with E-state index in [0.717, 1.165) is 0 Å². The van der Waals surface area contributed by atoms with Crippen molar-refractivity contribution in [2.45, 2.75) is 18.9 Å². The molecule has 3 aromatic rings. The van der Waals surface area contributed by atoms with Crippen LogP contribution in [0.3, 0.4) is 0 Å². The SMILES string of the molecule is O=C(Nc1cccc(-c2ccc(OC(F)(F)F)cc2)c1)N[C@@H]1COc2nc([N+](=O)[O-])cn2C1. The van der Waals surface area contributed by atoms with Gasteiger partial charge in [-0.25, -0.2) is 4.79 Å². The lowest BCUT2D eigenvalue weighted by Crippen LogP contribution is -2.46. The summed E-state index contributed by atoms with van der Waals surface area (Å²) in [5, 5.41) is 16.2. The van der Waals surface area contributed by atoms with Crippen LogP contribution in [0, 0.1) is 10.1 Å². The topological polar surface area (TPSA) is 121 Å². The van der Waals surface area contributed by atoms with Gasteiger partial charge in [0.05, 0.1) is 12.6 Å². The van der Waals surface area contributed by atoms with E-state index in [1.807, 2.05) is 0 Å². The minimum atomic E-state index is -4.77. The number of anilines is 1. The van der Waals surface area contributed by atoms with Crippen LogP contribution in [0.5, 0.6) is 11.8 Å². The van der Waals surface area contributed by atoms with Crippen molar-refractivity contribution < 1.29 is 32.4 Å². The molecule has 4 rings (SSSR count). The quantitative estimate of drug-likeness (QED) is 0.437. The van der Waals surface area contributed by atoms with Gasteiger partial charge in [-0.05, 0) is 40.3 Å². The zero-order chi connectivity index (χ0) is 23.6. The van der Waals surface area contributed by atoms with Crippen molar-refractivity contribution in [3.05, 3.63) is 64.8 Å². The van der Waals surface area contributed by atoms with Gasteiger partial charge in [0.1, 0.15) is 18.6 Å². The molecule has 1 aliphatic heterocycles. The predicted octanol–water partition coefficient (Wildman–Crippen LogP) is 3.94. The van der Waals surface area contributed by atoms with Crippen molar-refractivity contribution in [3.8, 4) is 22.9 Å². The summed E-state index contributed by atoms with van der Waals surface area (Å²) in [6.07, 6.45) is -3.54. The first-order chi connectivity index (χ1) is 15.7. The smallest absolute Gasteiger partial charge is 0.444 e. The molecular weight excluding hydrogens is 447 g/mol. The number of carbonyl (C=O) groups excluding carboxylic acids is 1. The van der Waals surface area contributed by atoms with Crippen molar-refractivity contribution in [3.63, 3.8) is 0 Å². The number of benzene rings is 2. The molecule has 1 aliphatic rings. The Morgan fingerprint density at radius 1 is 1.21 bits per heavy atom. The van der Waals surface area contributed by atoms with Gasteiger partial charge >= 0.3 is 24.2 Å². The Balaban J connectivity index is 1.37. The van der Waals surface area contributed by atoms with Crippen molar-refractivity contribution in [2.24, 2.45) is 0 Å². The standard InChI is InChI=1S/C20H16F3N5O5/c21-20(22,23)33-16-6-4-12(5-7-16)13-2-1-3-14(8-13)24-18(29)25-15-9-27-10-17(28(30)31)26-19(27)32-11-15/h1-8,10,15H,9,11H2,(H2,24,25,29)/t15-/m0/s1. The number of hydrogen-bond acceptors (Lipinski definition) is 6. The number of fused-ring (bicyclic) bond motifs is 1. The molecule has 2 N–H and O–H groups in total. The molecule has 172 valence electrons. The minimum Gasteiger partial charge on any atom is -0.444 e. The molecular formula is C20H16F3N5O5.